The molecular weight excluding hydrogens is 564 g/mol. The van der Waals surface area contributed by atoms with E-state index in [0.717, 1.165) is 52.1 Å². The number of anilines is 2. The molecule has 0 atom stereocenters. The van der Waals surface area contributed by atoms with Gasteiger partial charge in [-0.05, 0) is 166 Å². The lowest BCUT2D eigenvalue weighted by Crippen LogP contribution is -2.36. The predicted molar refractivity (Wildman–Crippen MR) is 192 cm³/mol. The molecule has 4 nitrogen and oxygen atoms in total. The lowest BCUT2D eigenvalue weighted by Gasteiger charge is -2.45. The van der Waals surface area contributed by atoms with Crippen LogP contribution in [0.5, 0.6) is 23.0 Å². The van der Waals surface area contributed by atoms with Gasteiger partial charge in [0.05, 0.1) is 0 Å². The quantitative estimate of drug-likeness (QED) is 0.193. The van der Waals surface area contributed by atoms with Crippen LogP contribution in [0.15, 0.2) is 72.8 Å². The van der Waals surface area contributed by atoms with Crippen LogP contribution in [0.2, 0.25) is 0 Å². The van der Waals surface area contributed by atoms with Crippen LogP contribution in [0.4, 0.5) is 11.4 Å². The molecule has 0 saturated heterocycles. The Morgan fingerprint density at radius 3 is 1.30 bits per heavy atom. The predicted octanol–water partition coefficient (Wildman–Crippen LogP) is 11.4. The van der Waals surface area contributed by atoms with Gasteiger partial charge >= 0.3 is 0 Å². The molecule has 6 rings (SSSR count). The first kappa shape index (κ1) is 32.0. The first-order valence-electron chi connectivity index (χ1n) is 17.5. The molecule has 2 aliphatic rings. The highest BCUT2D eigenvalue weighted by Gasteiger charge is 2.41. The Bertz CT molecular complexity index is 1490. The van der Waals surface area contributed by atoms with Gasteiger partial charge in [0.2, 0.25) is 0 Å². The van der Waals surface area contributed by atoms with E-state index in [2.05, 4.69) is 58.9 Å². The van der Waals surface area contributed by atoms with Crippen LogP contribution < -0.4 is 20.9 Å². The minimum absolute atomic E-state index is 0.0540. The molecule has 2 aliphatic carbocycles. The molecule has 2 saturated carbocycles. The van der Waals surface area contributed by atoms with Crippen LogP contribution in [0, 0.1) is 45.4 Å². The van der Waals surface area contributed by atoms with Gasteiger partial charge < -0.3 is 20.9 Å². The van der Waals surface area contributed by atoms with Crippen molar-refractivity contribution in [2.24, 2.45) is 17.8 Å². The third kappa shape index (κ3) is 6.63. The summed E-state index contributed by atoms with van der Waals surface area (Å²) < 4.78 is 12.9. The average molecular weight is 617 g/mol. The van der Waals surface area contributed by atoms with E-state index in [4.69, 9.17) is 20.9 Å². The second-order valence-electron chi connectivity index (χ2n) is 14.3. The first-order valence-corrected chi connectivity index (χ1v) is 17.5. The van der Waals surface area contributed by atoms with Gasteiger partial charge in [-0.25, -0.2) is 0 Å². The topological polar surface area (TPSA) is 70.5 Å². The number of nitrogen functional groups attached to an aromatic ring is 2. The molecule has 0 radical (unpaired) electrons. The van der Waals surface area contributed by atoms with Gasteiger partial charge in [-0.1, -0.05) is 50.5 Å². The molecule has 0 aliphatic heterocycles. The Labute approximate surface area is 276 Å². The maximum atomic E-state index is 6.43. The van der Waals surface area contributed by atoms with Crippen LogP contribution >= 0.6 is 0 Å². The van der Waals surface area contributed by atoms with Crippen molar-refractivity contribution in [3.05, 3.63) is 106 Å². The molecule has 0 unspecified atom stereocenters. The monoisotopic (exact) mass is 616 g/mol. The fourth-order valence-electron chi connectivity index (χ4n) is 8.50. The smallest absolute Gasteiger partial charge is 0.133 e. The van der Waals surface area contributed by atoms with Crippen molar-refractivity contribution in [1.82, 2.24) is 0 Å². The van der Waals surface area contributed by atoms with Gasteiger partial charge in [-0.2, -0.15) is 0 Å². The molecule has 4 aromatic carbocycles. The highest BCUT2D eigenvalue weighted by atomic mass is 16.5. The van der Waals surface area contributed by atoms with Gasteiger partial charge in [0.1, 0.15) is 23.0 Å². The molecule has 2 fully saturated rings. The minimum Gasteiger partial charge on any atom is -0.457 e. The Hall–Kier alpha value is -3.92. The van der Waals surface area contributed by atoms with Crippen molar-refractivity contribution in [2.45, 2.75) is 97.8 Å². The summed E-state index contributed by atoms with van der Waals surface area (Å²) in [6.45, 7) is 11.1. The molecule has 46 heavy (non-hydrogen) atoms. The summed E-state index contributed by atoms with van der Waals surface area (Å²) in [7, 11) is 0. The number of hydrogen-bond donors (Lipinski definition) is 2. The normalized spacial score (nSPS) is 19.9. The Kier molecular flexibility index (Phi) is 9.36. The maximum Gasteiger partial charge on any atom is 0.133 e. The van der Waals surface area contributed by atoms with E-state index in [9.17, 15) is 0 Å². The minimum atomic E-state index is -0.0540. The highest BCUT2D eigenvalue weighted by molar-refractivity contribution is 5.55. The van der Waals surface area contributed by atoms with E-state index in [-0.39, 0.29) is 5.41 Å². The fraction of sp³-hybridized carbons (Fsp3) is 0.429. The van der Waals surface area contributed by atoms with E-state index in [1.54, 1.807) is 0 Å². The molecule has 0 spiro atoms. The van der Waals surface area contributed by atoms with Gasteiger partial charge in [0, 0.05) is 16.8 Å². The summed E-state index contributed by atoms with van der Waals surface area (Å²) in [5.74, 6) is 6.15. The lowest BCUT2D eigenvalue weighted by atomic mass is 9.59. The van der Waals surface area contributed by atoms with Gasteiger partial charge in [-0.3, -0.25) is 0 Å². The molecule has 4 aromatic rings. The maximum absolute atomic E-state index is 6.43. The zero-order chi connectivity index (χ0) is 32.4. The van der Waals surface area contributed by atoms with Gasteiger partial charge in [0.25, 0.3) is 0 Å². The fourth-order valence-corrected chi connectivity index (χ4v) is 8.50. The van der Waals surface area contributed by atoms with Crippen LogP contribution in [0.1, 0.15) is 98.1 Å². The molecule has 242 valence electrons. The van der Waals surface area contributed by atoms with Crippen LogP contribution in [-0.4, -0.2) is 0 Å². The van der Waals surface area contributed by atoms with Crippen molar-refractivity contribution < 1.29 is 9.47 Å². The summed E-state index contributed by atoms with van der Waals surface area (Å²) in [6.07, 6.45) is 11.9. The number of aryl methyl sites for hydroxylation is 4. The Balaban J connectivity index is 1.34. The number of hydrogen-bond acceptors (Lipinski definition) is 4. The largest absolute Gasteiger partial charge is 0.457 e. The molecule has 0 amide bonds. The van der Waals surface area contributed by atoms with Gasteiger partial charge in [-0.15, -0.1) is 0 Å². The summed E-state index contributed by atoms with van der Waals surface area (Å²) in [6, 6.07) is 24.9. The van der Waals surface area contributed by atoms with Crippen molar-refractivity contribution in [3.63, 3.8) is 0 Å². The second kappa shape index (κ2) is 13.4. The van der Waals surface area contributed by atoms with Crippen LogP contribution in [0.25, 0.3) is 0 Å². The Morgan fingerprint density at radius 2 is 0.935 bits per heavy atom. The van der Waals surface area contributed by atoms with Crippen molar-refractivity contribution >= 4 is 11.4 Å². The molecule has 0 heterocycles. The molecule has 4 N–H and O–H groups in total. The van der Waals surface area contributed by atoms with Gasteiger partial charge in [0.15, 0.2) is 0 Å². The van der Waals surface area contributed by atoms with Crippen molar-refractivity contribution in [3.8, 4) is 23.0 Å². The molecule has 4 heteroatoms. The number of benzene rings is 4. The first-order chi connectivity index (χ1) is 22.1. The summed E-state index contributed by atoms with van der Waals surface area (Å²) in [5, 5.41) is 0. The Morgan fingerprint density at radius 1 is 0.565 bits per heavy atom. The number of rotatable bonds is 8. The van der Waals surface area contributed by atoms with Crippen LogP contribution in [-0.2, 0) is 5.41 Å². The zero-order valence-corrected chi connectivity index (χ0v) is 28.5. The van der Waals surface area contributed by atoms with Crippen molar-refractivity contribution in [2.75, 3.05) is 11.5 Å². The second-order valence-corrected chi connectivity index (χ2v) is 14.3. The molecular formula is C42H52N2O2. The van der Waals surface area contributed by atoms with Crippen LogP contribution in [0.3, 0.4) is 0 Å². The average Bonchev–Trinajstić information content (AvgIpc) is 3.06. The number of nitrogens with two attached hydrogens (primary N) is 2. The lowest BCUT2D eigenvalue weighted by molar-refractivity contribution is 0.142. The van der Waals surface area contributed by atoms with E-state index in [1.807, 2.05) is 48.5 Å². The molecule has 0 bridgehead atoms. The van der Waals surface area contributed by atoms with E-state index in [0.29, 0.717) is 0 Å². The molecule has 0 aromatic heterocycles. The summed E-state index contributed by atoms with van der Waals surface area (Å²) >= 11 is 0. The van der Waals surface area contributed by atoms with E-state index >= 15 is 0 Å². The summed E-state index contributed by atoms with van der Waals surface area (Å²) in [4.78, 5) is 0. The zero-order valence-electron chi connectivity index (χ0n) is 28.5. The highest BCUT2D eigenvalue weighted by Crippen LogP contribution is 2.52. The third-order valence-corrected chi connectivity index (χ3v) is 11.2. The summed E-state index contributed by atoms with van der Waals surface area (Å²) in [5.41, 5.74) is 20.8. The van der Waals surface area contributed by atoms with Crippen molar-refractivity contribution in [1.29, 1.82) is 0 Å². The van der Waals surface area contributed by atoms with E-state index in [1.165, 1.54) is 91.2 Å². The third-order valence-electron chi connectivity index (χ3n) is 11.2. The van der Waals surface area contributed by atoms with E-state index < -0.39 is 0 Å². The number of ether oxygens (including phenoxy) is 2. The SMILES string of the molecule is CCC1CCC(C2CCC(c3cc(C)c(Oc4ccc(N)cc4)c(C)c3)(c3cc(C)c(Oc4ccc(N)cc4)c(C)c3)CC2)CC1. The standard InChI is InChI=1S/C42H52N2O2/c1-6-31-7-9-32(10-8-31)33-19-21-42(22-20-33,34-23-27(2)40(28(3)24-34)45-38-15-11-36(43)12-16-38)35-25-29(4)41(30(5)26-35)46-39-17-13-37(44)14-18-39/h11-18,23-26,31-33H,6-10,19-22,43-44H2,1-5H3.